The van der Waals surface area contributed by atoms with Gasteiger partial charge in [-0.3, -0.25) is 14.2 Å². The van der Waals surface area contributed by atoms with Gasteiger partial charge in [-0.25, -0.2) is 4.98 Å². The predicted molar refractivity (Wildman–Crippen MR) is 112 cm³/mol. The number of rotatable bonds is 4. The van der Waals surface area contributed by atoms with Crippen molar-refractivity contribution in [1.82, 2.24) is 9.55 Å². The number of aryl methyl sites for hydroxylation is 2. The number of fused-ring (bicyclic) bond motifs is 2. The Bertz CT molecular complexity index is 1080. The summed E-state index contributed by atoms with van der Waals surface area (Å²) in [4.78, 5) is 32.4. The molecule has 0 spiro atoms. The first-order chi connectivity index (χ1) is 13.6. The molecule has 1 aliphatic rings. The topological polar surface area (TPSA) is 55.2 Å². The highest BCUT2D eigenvalue weighted by atomic mass is 16.2. The van der Waals surface area contributed by atoms with Gasteiger partial charge in [-0.15, -0.1) is 0 Å². The van der Waals surface area contributed by atoms with Crippen LogP contribution in [0.2, 0.25) is 0 Å². The molecule has 0 radical (unpaired) electrons. The molecule has 28 heavy (non-hydrogen) atoms. The van der Waals surface area contributed by atoms with Crippen LogP contribution in [0.25, 0.3) is 10.9 Å². The Hall–Kier alpha value is -2.95. The van der Waals surface area contributed by atoms with E-state index in [2.05, 4.69) is 19.1 Å². The maximum absolute atomic E-state index is 13.2. The summed E-state index contributed by atoms with van der Waals surface area (Å²) in [5, 5.41) is 0.581. The third-order valence-corrected chi connectivity index (χ3v) is 5.53. The first kappa shape index (κ1) is 18.4. The number of amides is 1. The zero-order chi connectivity index (χ0) is 19.7. The Morgan fingerprint density at radius 1 is 1.11 bits per heavy atom. The van der Waals surface area contributed by atoms with Gasteiger partial charge in [0.15, 0.2) is 0 Å². The Morgan fingerprint density at radius 2 is 1.89 bits per heavy atom. The number of carbonyl (C=O) groups excluding carboxylic acids is 1. The lowest BCUT2D eigenvalue weighted by molar-refractivity contribution is 0.0988. The monoisotopic (exact) mass is 375 g/mol. The summed E-state index contributed by atoms with van der Waals surface area (Å²) in [6.45, 7) is 5.38. The molecule has 1 aliphatic heterocycles. The molecule has 0 saturated heterocycles. The van der Waals surface area contributed by atoms with E-state index in [4.69, 9.17) is 4.98 Å². The minimum absolute atomic E-state index is 0.00111. The lowest BCUT2D eigenvalue weighted by atomic mass is 10.1. The molecule has 0 bridgehead atoms. The van der Waals surface area contributed by atoms with E-state index in [9.17, 15) is 9.59 Å². The fraction of sp³-hybridized carbons (Fsp3) is 0.348. The first-order valence-corrected chi connectivity index (χ1v) is 10.1. The molecule has 0 atom stereocenters. The molecule has 5 nitrogen and oxygen atoms in total. The van der Waals surface area contributed by atoms with Gasteiger partial charge in [-0.05, 0) is 62.1 Å². The van der Waals surface area contributed by atoms with E-state index in [0.29, 0.717) is 23.0 Å². The number of hydrogen-bond acceptors (Lipinski definition) is 3. The molecule has 0 aliphatic carbocycles. The third-order valence-electron chi connectivity index (χ3n) is 5.53. The van der Waals surface area contributed by atoms with E-state index in [1.165, 1.54) is 5.56 Å². The number of anilines is 1. The molecule has 2 aromatic carbocycles. The van der Waals surface area contributed by atoms with Gasteiger partial charge in [0, 0.05) is 30.8 Å². The van der Waals surface area contributed by atoms with Crippen LogP contribution in [-0.4, -0.2) is 22.0 Å². The van der Waals surface area contributed by atoms with Crippen LogP contribution in [0.15, 0.2) is 47.3 Å². The fourth-order valence-electron chi connectivity index (χ4n) is 3.89. The molecule has 144 valence electrons. The van der Waals surface area contributed by atoms with E-state index < -0.39 is 0 Å². The number of nitrogens with zero attached hydrogens (tertiary/aromatic N) is 3. The number of carbonyl (C=O) groups is 1. The van der Waals surface area contributed by atoms with E-state index in [-0.39, 0.29) is 11.5 Å². The van der Waals surface area contributed by atoms with Crippen LogP contribution in [0.4, 0.5) is 5.69 Å². The maximum Gasteiger partial charge on any atom is 0.261 e. The van der Waals surface area contributed by atoms with Gasteiger partial charge in [-0.1, -0.05) is 19.1 Å². The standard InChI is InChI=1S/C23H25N3O2/c1-3-16-8-11-18(12-9-16)25(4-2)22(27)17-10-13-19-20(15-17)24-21-7-5-6-14-26(21)23(19)28/h8-13,15H,3-7,14H2,1-2H3. The lowest BCUT2D eigenvalue weighted by Crippen LogP contribution is -2.31. The maximum atomic E-state index is 13.2. The molecule has 0 N–H and O–H groups in total. The smallest absolute Gasteiger partial charge is 0.261 e. The van der Waals surface area contributed by atoms with Crippen LogP contribution in [0, 0.1) is 0 Å². The van der Waals surface area contributed by atoms with Crippen LogP contribution in [0.1, 0.15) is 48.4 Å². The summed E-state index contributed by atoms with van der Waals surface area (Å²) < 4.78 is 1.78. The number of hydrogen-bond donors (Lipinski definition) is 0. The molecule has 4 rings (SSSR count). The van der Waals surface area contributed by atoms with Gasteiger partial charge in [-0.2, -0.15) is 0 Å². The minimum Gasteiger partial charge on any atom is -0.309 e. The SMILES string of the molecule is CCc1ccc(N(CC)C(=O)c2ccc3c(=O)n4c(nc3c2)CCCC4)cc1. The molecular weight excluding hydrogens is 350 g/mol. The molecule has 0 unspecified atom stereocenters. The Morgan fingerprint density at radius 3 is 2.61 bits per heavy atom. The predicted octanol–water partition coefficient (Wildman–Crippen LogP) is 3.96. The normalized spacial score (nSPS) is 13.4. The number of benzene rings is 2. The summed E-state index contributed by atoms with van der Waals surface area (Å²) >= 11 is 0. The van der Waals surface area contributed by atoms with E-state index in [1.807, 2.05) is 19.1 Å². The van der Waals surface area contributed by atoms with Crippen molar-refractivity contribution in [2.24, 2.45) is 0 Å². The van der Waals surface area contributed by atoms with Gasteiger partial charge in [0.25, 0.3) is 11.5 Å². The Labute approximate surface area is 164 Å². The first-order valence-electron chi connectivity index (χ1n) is 10.1. The van der Waals surface area contributed by atoms with E-state index >= 15 is 0 Å². The molecule has 1 aromatic heterocycles. The van der Waals surface area contributed by atoms with Crippen molar-refractivity contribution in [1.29, 1.82) is 0 Å². The summed E-state index contributed by atoms with van der Waals surface area (Å²) in [6, 6.07) is 13.3. The second kappa shape index (κ2) is 7.58. The van der Waals surface area contributed by atoms with E-state index in [0.717, 1.165) is 43.7 Å². The zero-order valence-corrected chi connectivity index (χ0v) is 16.4. The van der Waals surface area contributed by atoms with Crippen molar-refractivity contribution < 1.29 is 4.79 Å². The summed E-state index contributed by atoms with van der Waals surface area (Å²) in [5.74, 6) is 0.754. The quantitative estimate of drug-likeness (QED) is 0.693. The highest BCUT2D eigenvalue weighted by Gasteiger charge is 2.19. The Kier molecular flexibility index (Phi) is 4.99. The lowest BCUT2D eigenvalue weighted by Gasteiger charge is -2.22. The van der Waals surface area contributed by atoms with Gasteiger partial charge < -0.3 is 4.90 Å². The average Bonchev–Trinajstić information content (AvgIpc) is 2.74. The van der Waals surface area contributed by atoms with Crippen LogP contribution < -0.4 is 10.5 Å². The van der Waals surface area contributed by atoms with Crippen molar-refractivity contribution in [3.8, 4) is 0 Å². The van der Waals surface area contributed by atoms with Gasteiger partial charge in [0.2, 0.25) is 0 Å². The van der Waals surface area contributed by atoms with Crippen molar-refractivity contribution in [3.05, 3.63) is 69.8 Å². The molecule has 0 fully saturated rings. The molecule has 5 heteroatoms. The van der Waals surface area contributed by atoms with Crippen molar-refractivity contribution in [3.63, 3.8) is 0 Å². The second-order valence-corrected chi connectivity index (χ2v) is 7.24. The zero-order valence-electron chi connectivity index (χ0n) is 16.4. The van der Waals surface area contributed by atoms with Crippen LogP contribution in [-0.2, 0) is 19.4 Å². The Balaban J connectivity index is 1.72. The summed E-state index contributed by atoms with van der Waals surface area (Å²) in [6.07, 6.45) is 3.84. The van der Waals surface area contributed by atoms with Gasteiger partial charge in [0.1, 0.15) is 5.82 Å². The summed E-state index contributed by atoms with van der Waals surface area (Å²) in [7, 11) is 0. The third kappa shape index (κ3) is 3.21. The molecule has 1 amide bonds. The fourth-order valence-corrected chi connectivity index (χ4v) is 3.89. The largest absolute Gasteiger partial charge is 0.309 e. The van der Waals surface area contributed by atoms with Gasteiger partial charge >= 0.3 is 0 Å². The van der Waals surface area contributed by atoms with Crippen LogP contribution >= 0.6 is 0 Å². The average molecular weight is 375 g/mol. The van der Waals surface area contributed by atoms with Gasteiger partial charge in [0.05, 0.1) is 10.9 Å². The molecule has 0 saturated carbocycles. The summed E-state index contributed by atoms with van der Waals surface area (Å²) in [5.41, 5.74) is 3.29. The van der Waals surface area contributed by atoms with Crippen LogP contribution in [0.5, 0.6) is 0 Å². The second-order valence-electron chi connectivity index (χ2n) is 7.24. The molecule has 3 aromatic rings. The van der Waals surface area contributed by atoms with Crippen molar-refractivity contribution in [2.45, 2.75) is 46.1 Å². The minimum atomic E-state index is -0.0757. The van der Waals surface area contributed by atoms with Crippen molar-refractivity contribution in [2.75, 3.05) is 11.4 Å². The molecule has 2 heterocycles. The highest BCUT2D eigenvalue weighted by molar-refractivity contribution is 6.07. The highest BCUT2D eigenvalue weighted by Crippen LogP contribution is 2.21. The number of aromatic nitrogens is 2. The van der Waals surface area contributed by atoms with Crippen LogP contribution in [0.3, 0.4) is 0 Å². The molecular formula is C23H25N3O2. The van der Waals surface area contributed by atoms with Crippen molar-refractivity contribution >= 4 is 22.5 Å². The van der Waals surface area contributed by atoms with E-state index in [1.54, 1.807) is 27.7 Å².